The molecule has 4 saturated carbocycles. The number of nitrogens with one attached hydrogen (secondary N) is 4. The predicted molar refractivity (Wildman–Crippen MR) is 209 cm³/mol. The van der Waals surface area contributed by atoms with Crippen LogP contribution in [-0.4, -0.2) is 110 Å². The maximum atomic E-state index is 14.3. The molecule has 0 bridgehead atoms. The van der Waals surface area contributed by atoms with Gasteiger partial charge in [-0.1, -0.05) is 52.4 Å². The fraction of sp³-hybridized carbons (Fsp3) is 0.878. The Balaban J connectivity index is 1.42. The normalized spacial score (nSPS) is 35.1. The Hall–Kier alpha value is -2.81. The first-order valence-corrected chi connectivity index (χ1v) is 21.5. The first kappa shape index (κ1) is 43.3. The maximum absolute atomic E-state index is 14.3. The second kappa shape index (κ2) is 20.1. The van der Waals surface area contributed by atoms with Gasteiger partial charge < -0.3 is 47.1 Å². The Labute approximate surface area is 328 Å². The summed E-state index contributed by atoms with van der Waals surface area (Å²) in [5.74, 6) is -2.04. The van der Waals surface area contributed by atoms with E-state index < -0.39 is 65.9 Å². The minimum atomic E-state index is -1.16. The lowest BCUT2D eigenvalue weighted by atomic mass is 9.51. The molecule has 5 aliphatic rings. The molecule has 0 aromatic rings. The van der Waals surface area contributed by atoms with Gasteiger partial charge in [0.25, 0.3) is 0 Å². The molecule has 0 radical (unpaired) electrons. The molecule has 0 aromatic carbocycles. The number of hydrogen-bond donors (Lipinski definition) is 6. The zero-order valence-corrected chi connectivity index (χ0v) is 34.0. The van der Waals surface area contributed by atoms with E-state index in [1.807, 2.05) is 20.8 Å². The van der Waals surface area contributed by atoms with E-state index in [-0.39, 0.29) is 37.7 Å². The van der Waals surface area contributed by atoms with Crippen LogP contribution in [0.5, 0.6) is 0 Å². The lowest BCUT2D eigenvalue weighted by Crippen LogP contribution is -2.62. The van der Waals surface area contributed by atoms with Gasteiger partial charge in [-0.15, -0.1) is 0 Å². The van der Waals surface area contributed by atoms with Crippen molar-refractivity contribution in [1.29, 1.82) is 0 Å². The van der Waals surface area contributed by atoms with Crippen LogP contribution in [-0.2, 0) is 33.4 Å². The van der Waals surface area contributed by atoms with E-state index in [9.17, 15) is 24.0 Å². The van der Waals surface area contributed by atoms with Crippen molar-refractivity contribution < 1.29 is 33.4 Å². The summed E-state index contributed by atoms with van der Waals surface area (Å²) >= 11 is 0. The molecule has 14 nitrogen and oxygen atoms in total. The molecule has 5 rings (SSSR count). The monoisotopic (exact) mass is 774 g/mol. The molecule has 14 heteroatoms. The smallest absolute Gasteiger partial charge is 0.245 e. The van der Waals surface area contributed by atoms with Gasteiger partial charge >= 0.3 is 0 Å². The van der Waals surface area contributed by atoms with E-state index in [4.69, 9.17) is 20.9 Å². The average molecular weight is 774 g/mol. The van der Waals surface area contributed by atoms with E-state index in [2.05, 4.69) is 21.3 Å². The first-order chi connectivity index (χ1) is 26.4. The fourth-order valence-electron chi connectivity index (χ4n) is 9.70. The van der Waals surface area contributed by atoms with Crippen LogP contribution in [0.25, 0.3) is 0 Å². The summed E-state index contributed by atoms with van der Waals surface area (Å²) in [5.41, 5.74) is 12.4. The van der Waals surface area contributed by atoms with Crippen LogP contribution in [0.4, 0.5) is 0 Å². The molecule has 8 N–H and O–H groups in total. The molecular weight excluding hydrogens is 702 g/mol. The molecule has 0 aromatic heterocycles. The second-order valence-corrected chi connectivity index (χ2v) is 17.8. The molecule has 5 fully saturated rings. The van der Waals surface area contributed by atoms with Crippen LogP contribution < -0.4 is 32.7 Å². The van der Waals surface area contributed by atoms with Gasteiger partial charge in [0.15, 0.2) is 0 Å². The number of rotatable bonds is 10. The summed E-state index contributed by atoms with van der Waals surface area (Å²) in [5, 5.41) is 11.7. The molecule has 1 aliphatic heterocycles. The van der Waals surface area contributed by atoms with Crippen LogP contribution in [0.2, 0.25) is 0 Å². The minimum absolute atomic E-state index is 0.0648. The number of carbonyl (C=O) groups excluding carboxylic acids is 5. The minimum Gasteiger partial charge on any atom is -0.376 e. The molecule has 5 amide bonds. The zero-order valence-electron chi connectivity index (χ0n) is 34.0. The van der Waals surface area contributed by atoms with E-state index in [1.54, 1.807) is 7.05 Å². The standard InChI is InChI=1S/C41H71N7O7/c1-5-11-33-38(51)47-35(29-12-8-6-7-9-13-29)39(52)45-31(22-43)36(49)46-32(24-54-30-16-27(17-30)21-42)37(50)44-25(2)23-55-34(26(3)40(53)48(33)4)18-28-19-41(20-28)14-10-15-41/h25-35H,5-24,42-43H2,1-4H3,(H,44,50)(H,45,52)(H,46,49)(H,47,51)/t25-,26-,27?,30?,31+,32+,33+,34-,35+/m1/s1. The lowest BCUT2D eigenvalue weighted by molar-refractivity contribution is -0.148. The third-order valence-electron chi connectivity index (χ3n) is 13.5. The van der Waals surface area contributed by atoms with Crippen LogP contribution in [0, 0.1) is 29.1 Å². The highest BCUT2D eigenvalue weighted by molar-refractivity contribution is 5.96. The molecule has 312 valence electrons. The molecule has 1 spiro atoms. The Morgan fingerprint density at radius 2 is 1.45 bits per heavy atom. The highest BCUT2D eigenvalue weighted by atomic mass is 16.5. The van der Waals surface area contributed by atoms with Crippen molar-refractivity contribution in [3.63, 3.8) is 0 Å². The highest BCUT2D eigenvalue weighted by Gasteiger charge is 2.49. The number of nitrogens with two attached hydrogens (primary N) is 2. The number of amides is 5. The van der Waals surface area contributed by atoms with Crippen molar-refractivity contribution in [2.24, 2.45) is 40.6 Å². The first-order valence-electron chi connectivity index (χ1n) is 21.5. The number of nitrogens with zero attached hydrogens (tertiary/aromatic N) is 1. The van der Waals surface area contributed by atoms with E-state index >= 15 is 0 Å². The van der Waals surface area contributed by atoms with Gasteiger partial charge in [0, 0.05) is 19.6 Å². The Bertz CT molecular complexity index is 1310. The van der Waals surface area contributed by atoms with Crippen molar-refractivity contribution in [2.45, 2.75) is 166 Å². The molecule has 7 atom stereocenters. The topological polar surface area (TPSA) is 207 Å². The summed E-state index contributed by atoms with van der Waals surface area (Å²) in [6.07, 6.45) is 14.4. The van der Waals surface area contributed by atoms with Gasteiger partial charge in [-0.05, 0) is 101 Å². The highest BCUT2D eigenvalue weighted by Crippen LogP contribution is 2.60. The van der Waals surface area contributed by atoms with Crippen molar-refractivity contribution in [3.8, 4) is 0 Å². The predicted octanol–water partition coefficient (Wildman–Crippen LogP) is 2.26. The van der Waals surface area contributed by atoms with Crippen LogP contribution in [0.3, 0.4) is 0 Å². The van der Waals surface area contributed by atoms with E-state index in [1.165, 1.54) is 24.2 Å². The van der Waals surface area contributed by atoms with Crippen molar-refractivity contribution >= 4 is 29.5 Å². The summed E-state index contributed by atoms with van der Waals surface area (Å²) in [4.78, 5) is 71.9. The van der Waals surface area contributed by atoms with Gasteiger partial charge in [-0.2, -0.15) is 0 Å². The van der Waals surface area contributed by atoms with Crippen LogP contribution in [0.1, 0.15) is 124 Å². The van der Waals surface area contributed by atoms with Gasteiger partial charge in [0.1, 0.15) is 24.2 Å². The molecule has 1 saturated heterocycles. The summed E-state index contributed by atoms with van der Waals surface area (Å²) in [7, 11) is 1.67. The summed E-state index contributed by atoms with van der Waals surface area (Å²) in [6.45, 7) is 6.11. The van der Waals surface area contributed by atoms with Crippen molar-refractivity contribution in [1.82, 2.24) is 26.2 Å². The van der Waals surface area contributed by atoms with E-state index in [0.717, 1.165) is 70.6 Å². The fourth-order valence-corrected chi connectivity index (χ4v) is 9.70. The largest absolute Gasteiger partial charge is 0.376 e. The second-order valence-electron chi connectivity index (χ2n) is 17.8. The van der Waals surface area contributed by atoms with Crippen molar-refractivity contribution in [3.05, 3.63) is 0 Å². The average Bonchev–Trinajstić information content (AvgIpc) is 3.40. The number of likely N-dealkylation sites (N-methyl/N-ethyl adjacent to an activating group) is 1. The van der Waals surface area contributed by atoms with Gasteiger partial charge in [0.2, 0.25) is 29.5 Å². The quantitative estimate of drug-likeness (QED) is 0.180. The Morgan fingerprint density at radius 3 is 2.05 bits per heavy atom. The lowest BCUT2D eigenvalue weighted by Gasteiger charge is -2.55. The third-order valence-corrected chi connectivity index (χ3v) is 13.5. The van der Waals surface area contributed by atoms with Crippen LogP contribution >= 0.6 is 0 Å². The molecule has 1 heterocycles. The summed E-state index contributed by atoms with van der Waals surface area (Å²) in [6, 6.07) is -4.41. The molecular formula is C41H71N7O7. The van der Waals surface area contributed by atoms with Gasteiger partial charge in [-0.25, -0.2) is 0 Å². The molecule has 0 unspecified atom stereocenters. The molecule has 55 heavy (non-hydrogen) atoms. The number of ether oxygens (including phenoxy) is 2. The number of hydrogen-bond acceptors (Lipinski definition) is 9. The van der Waals surface area contributed by atoms with E-state index in [0.29, 0.717) is 36.6 Å². The number of carbonyl (C=O) groups is 5. The van der Waals surface area contributed by atoms with Crippen LogP contribution in [0.15, 0.2) is 0 Å². The third kappa shape index (κ3) is 11.2. The Morgan fingerprint density at radius 1 is 0.800 bits per heavy atom. The summed E-state index contributed by atoms with van der Waals surface area (Å²) < 4.78 is 12.6. The molecule has 4 aliphatic carbocycles. The van der Waals surface area contributed by atoms with Crippen molar-refractivity contribution in [2.75, 3.05) is 33.4 Å². The Kier molecular flexibility index (Phi) is 15.8. The van der Waals surface area contributed by atoms with Gasteiger partial charge in [-0.3, -0.25) is 24.0 Å². The SMILES string of the molecule is CCC[C@H]1C(=O)N[C@@H](C2CCCCCC2)C(=O)N[C@@H](CN)C(=O)N[C@@H](COC2CC(CN)C2)C(=O)N[C@H](C)CO[C@H](CC2CC3(CCC3)C2)[C@@H](C)C(=O)N1C. The van der Waals surface area contributed by atoms with Gasteiger partial charge in [0.05, 0.1) is 31.3 Å². The zero-order chi connectivity index (χ0) is 39.7. The maximum Gasteiger partial charge on any atom is 0.245 e.